The minimum Gasteiger partial charge on any atom is -0.297 e. The van der Waals surface area contributed by atoms with Gasteiger partial charge < -0.3 is 0 Å². The molecule has 2 atom stereocenters. The zero-order valence-corrected chi connectivity index (χ0v) is 14.5. The Morgan fingerprint density at radius 2 is 1.16 bits per heavy atom. The van der Waals surface area contributed by atoms with Gasteiger partial charge in [0.1, 0.15) is 0 Å². The molecule has 2 unspecified atom stereocenters. The summed E-state index contributed by atoms with van der Waals surface area (Å²) in [6.07, 6.45) is 2.92. The Morgan fingerprint density at radius 3 is 1.47 bits per heavy atom. The molecule has 0 N–H and O–H groups in total. The van der Waals surface area contributed by atoms with Gasteiger partial charge in [-0.2, -0.15) is 0 Å². The zero-order valence-electron chi connectivity index (χ0n) is 14.5. The number of rotatable bonds is 1. The van der Waals surface area contributed by atoms with Crippen LogP contribution < -0.4 is 0 Å². The number of fused-ring (bicyclic) bond motifs is 2. The summed E-state index contributed by atoms with van der Waals surface area (Å²) < 4.78 is 0. The molecule has 1 nitrogen and oxygen atoms in total. The van der Waals surface area contributed by atoms with Crippen molar-refractivity contribution in [2.75, 3.05) is 13.1 Å². The number of hydrogen-bond acceptors (Lipinski definition) is 1. The van der Waals surface area contributed by atoms with Crippen LogP contribution in [0.4, 0.5) is 0 Å². The van der Waals surface area contributed by atoms with Gasteiger partial charge in [-0.15, -0.1) is 0 Å². The molecule has 1 heterocycles. The highest BCUT2D eigenvalue weighted by molar-refractivity contribution is 5.03. The lowest BCUT2D eigenvalue weighted by Crippen LogP contribution is -2.59. The zero-order chi connectivity index (χ0) is 14.6. The van der Waals surface area contributed by atoms with Crippen LogP contribution in [0.1, 0.15) is 68.2 Å². The van der Waals surface area contributed by atoms with E-state index in [2.05, 4.69) is 60.3 Å². The molecule has 112 valence electrons. The first kappa shape index (κ1) is 15.4. The fourth-order valence-corrected chi connectivity index (χ4v) is 4.57. The SMILES string of the molecule is CC(C)(C)C1C2CCC1CN(C(C)(C)C(C)(C)C)C2. The molecular weight excluding hydrogens is 230 g/mol. The molecule has 1 aliphatic heterocycles. The summed E-state index contributed by atoms with van der Waals surface area (Å²) >= 11 is 0. The van der Waals surface area contributed by atoms with E-state index < -0.39 is 0 Å². The summed E-state index contributed by atoms with van der Waals surface area (Å²) in [6, 6.07) is 0. The van der Waals surface area contributed by atoms with Gasteiger partial charge in [0, 0.05) is 18.6 Å². The summed E-state index contributed by atoms with van der Waals surface area (Å²) in [4.78, 5) is 2.80. The van der Waals surface area contributed by atoms with E-state index in [1.165, 1.54) is 25.9 Å². The van der Waals surface area contributed by atoms with Crippen LogP contribution in [0.25, 0.3) is 0 Å². The topological polar surface area (TPSA) is 3.24 Å². The van der Waals surface area contributed by atoms with Gasteiger partial charge in [0.05, 0.1) is 0 Å². The summed E-state index contributed by atoms with van der Waals surface area (Å²) in [7, 11) is 0. The molecule has 0 amide bonds. The van der Waals surface area contributed by atoms with Gasteiger partial charge in [0.2, 0.25) is 0 Å². The quantitative estimate of drug-likeness (QED) is 0.657. The predicted octanol–water partition coefficient (Wildman–Crippen LogP) is 4.82. The second-order valence-corrected chi connectivity index (χ2v) is 9.70. The molecule has 19 heavy (non-hydrogen) atoms. The third-order valence-electron chi connectivity index (χ3n) is 6.46. The van der Waals surface area contributed by atoms with E-state index in [9.17, 15) is 0 Å². The van der Waals surface area contributed by atoms with Crippen LogP contribution in [0.3, 0.4) is 0 Å². The molecule has 0 radical (unpaired) electrons. The molecule has 0 aromatic heterocycles. The third-order valence-corrected chi connectivity index (χ3v) is 6.46. The number of nitrogens with zero attached hydrogens (tertiary/aromatic N) is 1. The minimum atomic E-state index is 0.302. The van der Waals surface area contributed by atoms with Crippen molar-refractivity contribution in [3.05, 3.63) is 0 Å². The summed E-state index contributed by atoms with van der Waals surface area (Å²) in [5.74, 6) is 2.81. The van der Waals surface area contributed by atoms with Crippen molar-refractivity contribution in [3.8, 4) is 0 Å². The average Bonchev–Trinajstić information content (AvgIpc) is 2.48. The van der Waals surface area contributed by atoms with Crippen molar-refractivity contribution in [3.63, 3.8) is 0 Å². The first-order valence-corrected chi connectivity index (χ1v) is 8.19. The van der Waals surface area contributed by atoms with Gasteiger partial charge >= 0.3 is 0 Å². The summed E-state index contributed by atoms with van der Waals surface area (Å²) in [5.41, 5.74) is 1.14. The van der Waals surface area contributed by atoms with Crippen molar-refractivity contribution >= 4 is 0 Å². The van der Waals surface area contributed by atoms with Crippen molar-refractivity contribution < 1.29 is 0 Å². The number of piperidine rings is 1. The van der Waals surface area contributed by atoms with E-state index in [4.69, 9.17) is 0 Å². The molecule has 1 aliphatic carbocycles. The van der Waals surface area contributed by atoms with Crippen LogP contribution in [0, 0.1) is 28.6 Å². The molecule has 0 spiro atoms. The van der Waals surface area contributed by atoms with Crippen LogP contribution in [0.15, 0.2) is 0 Å². The highest BCUT2D eigenvalue weighted by Crippen LogP contribution is 2.52. The maximum Gasteiger partial charge on any atom is 0.0201 e. The molecule has 1 saturated carbocycles. The largest absolute Gasteiger partial charge is 0.297 e. The van der Waals surface area contributed by atoms with E-state index in [1.807, 2.05) is 0 Å². The lowest BCUT2D eigenvalue weighted by molar-refractivity contribution is -0.0507. The maximum atomic E-state index is 2.80. The highest BCUT2D eigenvalue weighted by Gasteiger charge is 2.51. The Balaban J connectivity index is 2.17. The van der Waals surface area contributed by atoms with E-state index in [0.717, 1.165) is 17.8 Å². The summed E-state index contributed by atoms with van der Waals surface area (Å²) in [6.45, 7) is 22.1. The fraction of sp³-hybridized carbons (Fsp3) is 1.00. The predicted molar refractivity (Wildman–Crippen MR) is 84.3 cm³/mol. The van der Waals surface area contributed by atoms with Gasteiger partial charge in [0.15, 0.2) is 0 Å². The Kier molecular flexibility index (Phi) is 3.62. The fourth-order valence-electron chi connectivity index (χ4n) is 4.57. The van der Waals surface area contributed by atoms with Crippen LogP contribution in [0.5, 0.6) is 0 Å². The second kappa shape index (κ2) is 4.48. The van der Waals surface area contributed by atoms with Crippen molar-refractivity contribution in [1.82, 2.24) is 4.90 Å². The standard InChI is InChI=1S/C18H35N/c1-16(2,3)15-13-9-10-14(15)12-19(11-13)18(7,8)17(4,5)6/h13-15H,9-12H2,1-8H3. The molecule has 0 aromatic carbocycles. The molecule has 1 saturated heterocycles. The minimum absolute atomic E-state index is 0.302. The molecule has 0 aromatic rings. The average molecular weight is 265 g/mol. The van der Waals surface area contributed by atoms with Gasteiger partial charge in [-0.25, -0.2) is 0 Å². The molecule has 2 aliphatic rings. The Hall–Kier alpha value is -0.0400. The summed E-state index contributed by atoms with van der Waals surface area (Å²) in [5, 5.41) is 0. The molecule has 2 bridgehead atoms. The Labute approximate surface area is 121 Å². The van der Waals surface area contributed by atoms with Gasteiger partial charge in [0.25, 0.3) is 0 Å². The van der Waals surface area contributed by atoms with Gasteiger partial charge in [-0.05, 0) is 55.3 Å². The van der Waals surface area contributed by atoms with Gasteiger partial charge in [-0.1, -0.05) is 41.5 Å². The van der Waals surface area contributed by atoms with Crippen LogP contribution >= 0.6 is 0 Å². The molecular formula is C18H35N. The van der Waals surface area contributed by atoms with Crippen molar-refractivity contribution in [2.24, 2.45) is 28.6 Å². The third kappa shape index (κ3) is 2.60. The van der Waals surface area contributed by atoms with E-state index in [0.29, 0.717) is 16.4 Å². The number of likely N-dealkylation sites (tertiary alicyclic amines) is 1. The van der Waals surface area contributed by atoms with Crippen LogP contribution in [-0.2, 0) is 0 Å². The molecule has 1 heteroatoms. The maximum absolute atomic E-state index is 2.80. The highest BCUT2D eigenvalue weighted by atomic mass is 15.2. The smallest absolute Gasteiger partial charge is 0.0201 e. The molecule has 2 rings (SSSR count). The van der Waals surface area contributed by atoms with Gasteiger partial charge in [-0.3, -0.25) is 4.90 Å². The van der Waals surface area contributed by atoms with Crippen LogP contribution in [0.2, 0.25) is 0 Å². The lowest BCUT2D eigenvalue weighted by Gasteiger charge is -2.54. The van der Waals surface area contributed by atoms with E-state index in [1.54, 1.807) is 0 Å². The van der Waals surface area contributed by atoms with E-state index >= 15 is 0 Å². The molecule has 2 fully saturated rings. The van der Waals surface area contributed by atoms with E-state index in [-0.39, 0.29) is 0 Å². The second-order valence-electron chi connectivity index (χ2n) is 9.70. The first-order valence-electron chi connectivity index (χ1n) is 8.19. The Morgan fingerprint density at radius 1 is 0.737 bits per heavy atom. The Bertz CT molecular complexity index is 315. The van der Waals surface area contributed by atoms with Crippen molar-refractivity contribution in [1.29, 1.82) is 0 Å². The first-order chi connectivity index (χ1) is 8.44. The van der Waals surface area contributed by atoms with Crippen LogP contribution in [-0.4, -0.2) is 23.5 Å². The normalized spacial score (nSPS) is 33.8. The van der Waals surface area contributed by atoms with Crippen molar-refractivity contribution in [2.45, 2.75) is 73.8 Å². The number of hydrogen-bond donors (Lipinski definition) is 0. The lowest BCUT2D eigenvalue weighted by atomic mass is 9.66. The monoisotopic (exact) mass is 265 g/mol.